The fourth-order valence-corrected chi connectivity index (χ4v) is 2.33. The van der Waals surface area contributed by atoms with E-state index in [1.165, 1.54) is 18.9 Å². The Hall–Kier alpha value is -1.89. The van der Waals surface area contributed by atoms with Gasteiger partial charge in [0, 0.05) is 25.7 Å². The molecule has 1 aliphatic heterocycles. The van der Waals surface area contributed by atoms with Crippen molar-refractivity contribution in [2.24, 2.45) is 0 Å². The van der Waals surface area contributed by atoms with Crippen molar-refractivity contribution >= 4 is 17.3 Å². The average molecular weight is 265 g/mol. The lowest BCUT2D eigenvalue weighted by Crippen LogP contribution is -2.42. The van der Waals surface area contributed by atoms with Crippen LogP contribution in [0.4, 0.5) is 17.3 Å². The number of nitrogens with two attached hydrogens (primary N) is 1. The van der Waals surface area contributed by atoms with Crippen LogP contribution in [-0.2, 0) is 0 Å². The number of hydrogen-bond donors (Lipinski definition) is 2. The zero-order valence-electron chi connectivity index (χ0n) is 11.0. The van der Waals surface area contributed by atoms with E-state index < -0.39 is 4.92 Å². The van der Waals surface area contributed by atoms with Crippen LogP contribution in [0.25, 0.3) is 0 Å². The molecule has 3 N–H and O–H groups in total. The first kappa shape index (κ1) is 13.5. The van der Waals surface area contributed by atoms with Crippen molar-refractivity contribution in [3.05, 3.63) is 22.2 Å². The Morgan fingerprint density at radius 3 is 2.95 bits per heavy atom. The van der Waals surface area contributed by atoms with Crippen molar-refractivity contribution < 1.29 is 4.92 Å². The van der Waals surface area contributed by atoms with Gasteiger partial charge in [-0.15, -0.1) is 0 Å². The zero-order valence-corrected chi connectivity index (χ0v) is 11.0. The number of pyridine rings is 1. The van der Waals surface area contributed by atoms with Crippen LogP contribution in [0.1, 0.15) is 19.3 Å². The van der Waals surface area contributed by atoms with E-state index in [1.54, 1.807) is 6.07 Å². The first-order valence-electron chi connectivity index (χ1n) is 6.43. The summed E-state index contributed by atoms with van der Waals surface area (Å²) >= 11 is 0. The highest BCUT2D eigenvalue weighted by atomic mass is 16.6. The molecule has 0 saturated carbocycles. The minimum absolute atomic E-state index is 0.0362. The van der Waals surface area contributed by atoms with Crippen LogP contribution in [0.5, 0.6) is 0 Å². The second kappa shape index (κ2) is 5.83. The first-order valence-corrected chi connectivity index (χ1v) is 6.43. The van der Waals surface area contributed by atoms with Crippen LogP contribution in [-0.4, -0.2) is 36.1 Å². The van der Waals surface area contributed by atoms with Gasteiger partial charge < -0.3 is 16.0 Å². The predicted molar refractivity (Wildman–Crippen MR) is 74.2 cm³/mol. The summed E-state index contributed by atoms with van der Waals surface area (Å²) in [5.41, 5.74) is 5.45. The van der Waals surface area contributed by atoms with E-state index in [4.69, 9.17) is 5.73 Å². The molecule has 2 rings (SSSR count). The summed E-state index contributed by atoms with van der Waals surface area (Å²) in [6.45, 7) is 1.87. The largest absolute Gasteiger partial charge is 0.378 e. The minimum atomic E-state index is -0.519. The van der Waals surface area contributed by atoms with Gasteiger partial charge in [0.25, 0.3) is 0 Å². The summed E-state index contributed by atoms with van der Waals surface area (Å²) in [5, 5.41) is 14.1. The molecule has 1 aromatic rings. The van der Waals surface area contributed by atoms with Crippen molar-refractivity contribution in [3.63, 3.8) is 0 Å². The van der Waals surface area contributed by atoms with E-state index in [2.05, 4.69) is 10.3 Å². The highest BCUT2D eigenvalue weighted by Gasteiger charge is 2.18. The Labute approximate surface area is 112 Å². The number of aromatic nitrogens is 1. The molecule has 0 bridgehead atoms. The van der Waals surface area contributed by atoms with E-state index in [9.17, 15) is 10.1 Å². The van der Waals surface area contributed by atoms with E-state index >= 15 is 0 Å². The maximum absolute atomic E-state index is 10.7. The summed E-state index contributed by atoms with van der Waals surface area (Å²) in [4.78, 5) is 16.2. The third-order valence-corrected chi connectivity index (χ3v) is 3.38. The van der Waals surface area contributed by atoms with Gasteiger partial charge in [-0.05, 0) is 25.5 Å². The molecular formula is C12H19N5O2. The number of hydrogen-bond acceptors (Lipinski definition) is 6. The van der Waals surface area contributed by atoms with Gasteiger partial charge in [-0.1, -0.05) is 6.42 Å². The van der Waals surface area contributed by atoms with Gasteiger partial charge in [0.15, 0.2) is 0 Å². The van der Waals surface area contributed by atoms with Crippen LogP contribution in [0.2, 0.25) is 0 Å². The summed E-state index contributed by atoms with van der Waals surface area (Å²) in [5.74, 6) is 0.626. The molecule has 1 saturated heterocycles. The summed E-state index contributed by atoms with van der Waals surface area (Å²) in [6, 6.07) is 3.48. The molecule has 1 aromatic heterocycles. The number of nitro groups is 1. The Kier molecular flexibility index (Phi) is 4.16. The molecule has 1 atom stereocenters. The van der Waals surface area contributed by atoms with E-state index in [0.717, 1.165) is 19.5 Å². The highest BCUT2D eigenvalue weighted by Crippen LogP contribution is 2.22. The quantitative estimate of drug-likeness (QED) is 0.626. The van der Waals surface area contributed by atoms with E-state index in [0.29, 0.717) is 11.9 Å². The second-order valence-electron chi connectivity index (χ2n) is 4.86. The zero-order chi connectivity index (χ0) is 13.8. The highest BCUT2D eigenvalue weighted by molar-refractivity contribution is 5.57. The molecule has 0 amide bonds. The SMILES string of the molecule is CN(CC1CCCCN1)c1ccc([N+](=O)[O-])c(N)n1. The topological polar surface area (TPSA) is 97.3 Å². The van der Waals surface area contributed by atoms with E-state index in [-0.39, 0.29) is 11.5 Å². The molecule has 0 spiro atoms. The van der Waals surface area contributed by atoms with Gasteiger partial charge in [-0.2, -0.15) is 0 Å². The van der Waals surface area contributed by atoms with Crippen LogP contribution >= 0.6 is 0 Å². The Morgan fingerprint density at radius 2 is 2.37 bits per heavy atom. The number of nitrogen functional groups attached to an aromatic ring is 1. The molecule has 0 aliphatic carbocycles. The smallest absolute Gasteiger partial charge is 0.311 e. The molecule has 19 heavy (non-hydrogen) atoms. The number of rotatable bonds is 4. The first-order chi connectivity index (χ1) is 9.08. The van der Waals surface area contributed by atoms with Gasteiger partial charge in [0.05, 0.1) is 4.92 Å². The van der Waals surface area contributed by atoms with E-state index in [1.807, 2.05) is 11.9 Å². The Morgan fingerprint density at radius 1 is 1.58 bits per heavy atom. The maximum Gasteiger partial charge on any atom is 0.311 e. The van der Waals surface area contributed by atoms with Gasteiger partial charge in [-0.3, -0.25) is 10.1 Å². The van der Waals surface area contributed by atoms with Gasteiger partial charge in [-0.25, -0.2) is 4.98 Å². The third kappa shape index (κ3) is 3.31. The fraction of sp³-hybridized carbons (Fsp3) is 0.583. The number of nitrogens with one attached hydrogen (secondary N) is 1. The molecule has 0 aromatic carbocycles. The Bertz CT molecular complexity index is 459. The molecular weight excluding hydrogens is 246 g/mol. The lowest BCUT2D eigenvalue weighted by atomic mass is 10.0. The average Bonchev–Trinajstić information content (AvgIpc) is 2.39. The van der Waals surface area contributed by atoms with Crippen LogP contribution in [0.3, 0.4) is 0 Å². The van der Waals surface area contributed by atoms with Crippen molar-refractivity contribution in [2.45, 2.75) is 25.3 Å². The molecule has 104 valence electrons. The monoisotopic (exact) mass is 265 g/mol. The summed E-state index contributed by atoms with van der Waals surface area (Å²) in [6.07, 6.45) is 3.61. The molecule has 7 nitrogen and oxygen atoms in total. The van der Waals surface area contributed by atoms with Crippen LogP contribution in [0, 0.1) is 10.1 Å². The molecule has 2 heterocycles. The second-order valence-corrected chi connectivity index (χ2v) is 4.86. The standard InChI is InChI=1S/C12H19N5O2/c1-16(8-9-4-2-3-7-14-9)11-6-5-10(17(18)19)12(13)15-11/h5-6,9,14H,2-4,7-8H2,1H3,(H2,13,15). The van der Waals surface area contributed by atoms with Crippen molar-refractivity contribution in [1.29, 1.82) is 0 Å². The fourth-order valence-electron chi connectivity index (χ4n) is 2.33. The Balaban J connectivity index is 2.04. The van der Waals surface area contributed by atoms with Crippen LogP contribution in [0.15, 0.2) is 12.1 Å². The maximum atomic E-state index is 10.7. The summed E-state index contributed by atoms with van der Waals surface area (Å²) < 4.78 is 0. The van der Waals surface area contributed by atoms with Crippen LogP contribution < -0.4 is 16.0 Å². The summed E-state index contributed by atoms with van der Waals surface area (Å²) in [7, 11) is 1.92. The number of likely N-dealkylation sites (N-methyl/N-ethyl adjacent to an activating group) is 1. The van der Waals surface area contributed by atoms with Crippen molar-refractivity contribution in [1.82, 2.24) is 10.3 Å². The van der Waals surface area contributed by atoms with Gasteiger partial charge >= 0.3 is 5.69 Å². The molecule has 1 aliphatic rings. The predicted octanol–water partition coefficient (Wildman–Crippen LogP) is 1.15. The normalized spacial score (nSPS) is 19.1. The minimum Gasteiger partial charge on any atom is -0.378 e. The lowest BCUT2D eigenvalue weighted by molar-refractivity contribution is -0.384. The van der Waals surface area contributed by atoms with Crippen molar-refractivity contribution in [2.75, 3.05) is 30.8 Å². The molecule has 1 fully saturated rings. The van der Waals surface area contributed by atoms with Gasteiger partial charge in [0.1, 0.15) is 5.82 Å². The lowest BCUT2D eigenvalue weighted by Gasteiger charge is -2.28. The molecule has 0 radical (unpaired) electrons. The molecule has 7 heteroatoms. The number of anilines is 2. The van der Waals surface area contributed by atoms with Crippen molar-refractivity contribution in [3.8, 4) is 0 Å². The number of piperidine rings is 1. The number of nitrogens with zero attached hydrogens (tertiary/aromatic N) is 3. The third-order valence-electron chi connectivity index (χ3n) is 3.38. The molecule has 1 unspecified atom stereocenters. The van der Waals surface area contributed by atoms with Gasteiger partial charge in [0.2, 0.25) is 5.82 Å².